The van der Waals surface area contributed by atoms with Gasteiger partial charge in [-0.15, -0.1) is 0 Å². The summed E-state index contributed by atoms with van der Waals surface area (Å²) in [6.45, 7) is 23.9. The van der Waals surface area contributed by atoms with Crippen molar-refractivity contribution in [1.82, 2.24) is 4.90 Å². The summed E-state index contributed by atoms with van der Waals surface area (Å²) in [6.07, 6.45) is 0. The molecular formula is C11H24BrCl2MnNO3-3. The van der Waals surface area contributed by atoms with Gasteiger partial charge in [-0.2, -0.15) is 0 Å². The Balaban J connectivity index is -0.0000000304. The van der Waals surface area contributed by atoms with Crippen molar-refractivity contribution in [3.63, 3.8) is 0 Å². The molecule has 0 rings (SSSR count). The zero-order valence-corrected chi connectivity index (χ0v) is 16.3. The molecule has 0 aliphatic rings. The average Bonchev–Trinajstić information content (AvgIpc) is 2.49. The van der Waals surface area contributed by atoms with Crippen molar-refractivity contribution in [3.8, 4) is 0 Å². The van der Waals surface area contributed by atoms with E-state index < -0.39 is 10.3 Å². The predicted octanol–water partition coefficient (Wildman–Crippen LogP) is 3.77. The third-order valence-electron chi connectivity index (χ3n) is 1.34. The first kappa shape index (κ1) is 36.6. The Morgan fingerprint density at radius 2 is 0.947 bits per heavy atom. The van der Waals surface area contributed by atoms with Crippen LogP contribution in [0.5, 0.6) is 0 Å². The number of nitrogens with zero attached hydrogens (tertiary/aromatic N) is 1. The monoisotopic (exact) mass is 422 g/mol. The molecule has 122 valence electrons. The van der Waals surface area contributed by atoms with Gasteiger partial charge in [-0.3, -0.25) is 20.4 Å². The summed E-state index contributed by atoms with van der Waals surface area (Å²) >= 11 is 2.91. The third-order valence-corrected chi connectivity index (χ3v) is 1.34. The van der Waals surface area contributed by atoms with Crippen molar-refractivity contribution in [3.05, 3.63) is 0 Å². The van der Waals surface area contributed by atoms with Crippen molar-refractivity contribution in [1.29, 1.82) is 0 Å². The summed E-state index contributed by atoms with van der Waals surface area (Å²) in [7, 11) is 8.98. The zero-order valence-electron chi connectivity index (χ0n) is 12.0. The van der Waals surface area contributed by atoms with E-state index in [-0.39, 0.29) is 0 Å². The molecular weight excluding hydrogens is 400 g/mol. The summed E-state index contributed by atoms with van der Waals surface area (Å²) < 4.78 is 0. The maximum absolute atomic E-state index is 7.75. The minimum atomic E-state index is -1.14. The van der Waals surface area contributed by atoms with Gasteiger partial charge in [-0.1, -0.05) is 34.6 Å². The molecule has 0 aromatic heterocycles. The molecule has 0 aromatic rings. The van der Waals surface area contributed by atoms with Gasteiger partial charge in [0.25, 0.3) is 0 Å². The van der Waals surface area contributed by atoms with E-state index in [1.165, 1.54) is 19.6 Å². The number of rotatable bonds is 3. The van der Waals surface area contributed by atoms with E-state index in [0.29, 0.717) is 0 Å². The maximum atomic E-state index is 7.75. The van der Waals surface area contributed by atoms with Gasteiger partial charge in [0.05, 0.1) is 0 Å². The van der Waals surface area contributed by atoms with E-state index in [0.717, 1.165) is 0 Å². The molecule has 0 atom stereocenters. The fraction of sp³-hybridized carbons (Fsp3) is 0.727. The normalized spacial score (nSPS) is 7.11. The summed E-state index contributed by atoms with van der Waals surface area (Å²) in [4.78, 5) is 25.6. The van der Waals surface area contributed by atoms with Crippen LogP contribution in [0, 0.1) is 0 Å². The van der Waals surface area contributed by atoms with Crippen molar-refractivity contribution in [2.24, 2.45) is 0 Å². The first-order valence-corrected chi connectivity index (χ1v) is 11.4. The molecule has 0 saturated carbocycles. The van der Waals surface area contributed by atoms with E-state index in [9.17, 15) is 0 Å². The molecule has 0 radical (unpaired) electrons. The SMILES string of the molecule is CC.CCN(CC)CC.[CH-]=O.[CH-]=O.[CH-]=O.[Cl][Mn]([Cl])[Br]. The Kier molecular flexibility index (Phi) is 121. The molecule has 19 heavy (non-hydrogen) atoms. The first-order valence-electron chi connectivity index (χ1n) is 5.21. The fourth-order valence-electron chi connectivity index (χ4n) is 0.671. The summed E-state index contributed by atoms with van der Waals surface area (Å²) in [5.41, 5.74) is 0. The third kappa shape index (κ3) is 118. The molecule has 0 aromatic carbocycles. The molecule has 8 heteroatoms. The quantitative estimate of drug-likeness (QED) is 0.394. The number of hydrogen-bond acceptors (Lipinski definition) is 4. The van der Waals surface area contributed by atoms with Crippen LogP contribution in [0.15, 0.2) is 0 Å². The van der Waals surface area contributed by atoms with Gasteiger partial charge in [0.15, 0.2) is 0 Å². The van der Waals surface area contributed by atoms with Gasteiger partial charge in [-0.25, -0.2) is 0 Å². The van der Waals surface area contributed by atoms with Gasteiger partial charge < -0.3 is 19.3 Å². The van der Waals surface area contributed by atoms with Gasteiger partial charge >= 0.3 is 44.6 Å². The summed E-state index contributed by atoms with van der Waals surface area (Å²) in [5, 5.41) is 0. The molecule has 0 fully saturated rings. The van der Waals surface area contributed by atoms with Crippen LogP contribution < -0.4 is 0 Å². The van der Waals surface area contributed by atoms with Gasteiger partial charge in [0, 0.05) is 0 Å². The topological polar surface area (TPSA) is 54.5 Å². The van der Waals surface area contributed by atoms with Crippen LogP contribution in [-0.2, 0) is 24.7 Å². The van der Waals surface area contributed by atoms with Gasteiger partial charge in [-0.05, 0) is 19.6 Å². The van der Waals surface area contributed by atoms with Crippen LogP contribution in [0.4, 0.5) is 0 Å². The molecule has 0 spiro atoms. The molecule has 0 aliphatic heterocycles. The van der Waals surface area contributed by atoms with Crippen LogP contribution in [-0.4, -0.2) is 44.9 Å². The van der Waals surface area contributed by atoms with Crippen LogP contribution in [0.25, 0.3) is 0 Å². The molecule has 0 unspecified atom stereocenters. The molecule has 0 bridgehead atoms. The van der Waals surface area contributed by atoms with Crippen LogP contribution in [0.2, 0.25) is 0 Å². The van der Waals surface area contributed by atoms with Gasteiger partial charge in [0.1, 0.15) is 0 Å². The molecule has 0 aliphatic carbocycles. The van der Waals surface area contributed by atoms with E-state index in [1.54, 1.807) is 0 Å². The van der Waals surface area contributed by atoms with Crippen molar-refractivity contribution in [2.45, 2.75) is 34.6 Å². The fourth-order valence-corrected chi connectivity index (χ4v) is 0.671. The molecule has 0 heterocycles. The predicted molar refractivity (Wildman–Crippen MR) is 85.7 cm³/mol. The van der Waals surface area contributed by atoms with Crippen LogP contribution in [0.3, 0.4) is 0 Å². The Morgan fingerprint density at radius 3 is 0.947 bits per heavy atom. The zero-order chi connectivity index (χ0) is 17.3. The van der Waals surface area contributed by atoms with Crippen molar-refractivity contribution >= 4 is 54.7 Å². The molecule has 0 amide bonds. The van der Waals surface area contributed by atoms with E-state index in [1.807, 2.05) is 13.8 Å². The van der Waals surface area contributed by atoms with Crippen molar-refractivity contribution in [2.75, 3.05) is 19.6 Å². The van der Waals surface area contributed by atoms with Crippen LogP contribution in [0.1, 0.15) is 34.6 Å². The molecule has 0 N–H and O–H groups in total. The molecule has 4 nitrogen and oxygen atoms in total. The van der Waals surface area contributed by atoms with E-state index in [4.69, 9.17) is 34.6 Å². The summed E-state index contributed by atoms with van der Waals surface area (Å²) in [5.74, 6) is 0. The number of carbonyl (C=O) groups excluding carboxylic acids is 3. The Morgan fingerprint density at radius 1 is 0.842 bits per heavy atom. The average molecular weight is 424 g/mol. The van der Waals surface area contributed by atoms with E-state index in [2.05, 4.69) is 60.1 Å². The Bertz CT molecular complexity index is 103. The minimum absolute atomic E-state index is 1.14. The standard InChI is InChI=1S/C6H15N.C2H6.3CHO.BrH.2ClH.Mn/c1-4-7(5-2)6-3;4*1-2;;;;/h4-6H2,1-3H3;1-2H3;3*1H;3*1H;/q;;3*-1;;;;+3/p-3. The van der Waals surface area contributed by atoms with Crippen molar-refractivity contribution < 1.29 is 24.7 Å². The van der Waals surface area contributed by atoms with E-state index >= 15 is 0 Å². The summed E-state index contributed by atoms with van der Waals surface area (Å²) in [6, 6.07) is 0. The first-order chi connectivity index (χ1) is 9.08. The second kappa shape index (κ2) is 62.6. The molecule has 0 saturated heterocycles. The second-order valence-corrected chi connectivity index (χ2v) is 10.6. The second-order valence-electron chi connectivity index (χ2n) is 1.78. The Hall–Kier alpha value is 0.549. The number of hydrogen-bond donors (Lipinski definition) is 0. The number of halogens is 3. The van der Waals surface area contributed by atoms with Gasteiger partial charge in [0.2, 0.25) is 0 Å². The Labute approximate surface area is 138 Å². The van der Waals surface area contributed by atoms with Crippen LogP contribution >= 0.6 is 34.3 Å².